The maximum atomic E-state index is 12.7. The molecule has 1 amide bonds. The monoisotopic (exact) mass is 1060 g/mol. The van der Waals surface area contributed by atoms with Gasteiger partial charge in [0.25, 0.3) is 0 Å². The lowest BCUT2D eigenvalue weighted by Gasteiger charge is -2.27. The summed E-state index contributed by atoms with van der Waals surface area (Å²) < 4.78 is 0. The smallest absolute Gasteiger partial charge is 0.249 e. The summed E-state index contributed by atoms with van der Waals surface area (Å²) in [4.78, 5) is 12.7. The van der Waals surface area contributed by atoms with Crippen LogP contribution in [0.2, 0.25) is 0 Å². The zero-order valence-corrected chi connectivity index (χ0v) is 50.8. The zero-order chi connectivity index (χ0) is 54.4. The quantitative estimate of drug-likeness (QED) is 0.0308. The van der Waals surface area contributed by atoms with Crippen LogP contribution in [0.4, 0.5) is 0 Å². The number of allylic oxidation sites excluding steroid dienone is 4. The number of carbonyl (C=O) groups is 1. The Labute approximate surface area is 469 Å². The van der Waals surface area contributed by atoms with E-state index in [1.807, 2.05) is 0 Å². The molecule has 6 heteroatoms. The standard InChI is InChI=1S/C69H135NO5/c1-3-5-7-9-11-13-15-17-19-21-23-25-27-29-31-32-33-34-35-37-39-41-43-45-47-49-51-53-55-57-59-61-63-67(73)69(75)70-65(64-71)68(74)66(72)62-60-58-56-54-52-50-48-46-44-42-40-38-36-30-28-26-24-22-20-18-16-14-12-10-8-6-4-2/h23,25,29,31,65-68,71-74H,3-22,24,26-28,30,32-64H2,1-2H3,(H,70,75)/b25-23-,31-29-. The van der Waals surface area contributed by atoms with Crippen molar-refractivity contribution in [3.8, 4) is 0 Å². The number of aliphatic hydroxyl groups excluding tert-OH is 4. The summed E-state index contributed by atoms with van der Waals surface area (Å²) in [5.74, 6) is -0.577. The van der Waals surface area contributed by atoms with Crippen LogP contribution in [0.15, 0.2) is 24.3 Å². The van der Waals surface area contributed by atoms with E-state index in [4.69, 9.17) is 0 Å². The molecule has 446 valence electrons. The molecule has 75 heavy (non-hydrogen) atoms. The van der Waals surface area contributed by atoms with Crippen LogP contribution in [0, 0.1) is 0 Å². The molecule has 0 aliphatic heterocycles. The highest BCUT2D eigenvalue weighted by Crippen LogP contribution is 2.19. The highest BCUT2D eigenvalue weighted by Gasteiger charge is 2.28. The summed E-state index contributed by atoms with van der Waals surface area (Å²) in [5.41, 5.74) is 0. The molecular formula is C69H135NO5. The van der Waals surface area contributed by atoms with Crippen LogP contribution in [-0.4, -0.2) is 57.3 Å². The molecule has 0 fully saturated rings. The van der Waals surface area contributed by atoms with Gasteiger partial charge in [0.15, 0.2) is 0 Å². The van der Waals surface area contributed by atoms with Crippen molar-refractivity contribution in [2.24, 2.45) is 0 Å². The Morgan fingerprint density at radius 3 is 0.840 bits per heavy atom. The lowest BCUT2D eigenvalue weighted by Crippen LogP contribution is -2.53. The zero-order valence-electron chi connectivity index (χ0n) is 50.8. The van der Waals surface area contributed by atoms with Gasteiger partial charge in [0.2, 0.25) is 5.91 Å². The first-order valence-corrected chi connectivity index (χ1v) is 34.2. The van der Waals surface area contributed by atoms with Crippen LogP contribution in [0.3, 0.4) is 0 Å². The number of carbonyl (C=O) groups excluding carboxylic acids is 1. The molecule has 0 bridgehead atoms. The molecule has 4 atom stereocenters. The summed E-state index contributed by atoms with van der Waals surface area (Å²) in [6.45, 7) is 4.11. The van der Waals surface area contributed by atoms with E-state index in [2.05, 4.69) is 43.5 Å². The van der Waals surface area contributed by atoms with Crippen molar-refractivity contribution in [3.05, 3.63) is 24.3 Å². The first-order valence-electron chi connectivity index (χ1n) is 34.2. The molecular weight excluding hydrogens is 923 g/mol. The molecule has 4 unspecified atom stereocenters. The van der Waals surface area contributed by atoms with E-state index in [1.165, 1.54) is 308 Å². The van der Waals surface area contributed by atoms with E-state index in [0.29, 0.717) is 12.8 Å². The molecule has 0 spiro atoms. The van der Waals surface area contributed by atoms with Crippen molar-refractivity contribution in [3.63, 3.8) is 0 Å². The van der Waals surface area contributed by atoms with E-state index in [0.717, 1.165) is 44.9 Å². The maximum absolute atomic E-state index is 12.7. The Morgan fingerprint density at radius 2 is 0.573 bits per heavy atom. The maximum Gasteiger partial charge on any atom is 0.249 e. The second-order valence-electron chi connectivity index (χ2n) is 23.9. The summed E-state index contributed by atoms with van der Waals surface area (Å²) in [5, 5.41) is 44.2. The first kappa shape index (κ1) is 73.8. The Morgan fingerprint density at radius 1 is 0.333 bits per heavy atom. The third-order valence-electron chi connectivity index (χ3n) is 16.4. The number of rotatable bonds is 64. The van der Waals surface area contributed by atoms with Gasteiger partial charge in [0.05, 0.1) is 18.8 Å². The first-order chi connectivity index (χ1) is 37.0. The fraction of sp³-hybridized carbons (Fsp3) is 0.928. The Balaban J connectivity index is 3.54. The summed E-state index contributed by atoms with van der Waals surface area (Å²) in [6, 6.07) is -0.985. The molecule has 0 saturated carbocycles. The highest BCUT2D eigenvalue weighted by atomic mass is 16.3. The second kappa shape index (κ2) is 63.6. The van der Waals surface area contributed by atoms with Crippen LogP contribution >= 0.6 is 0 Å². The Kier molecular flexibility index (Phi) is 62.6. The predicted molar refractivity (Wildman–Crippen MR) is 330 cm³/mol. The van der Waals surface area contributed by atoms with Crippen molar-refractivity contribution in [2.45, 2.75) is 404 Å². The van der Waals surface area contributed by atoms with Gasteiger partial charge in [0, 0.05) is 0 Å². The van der Waals surface area contributed by atoms with Crippen molar-refractivity contribution < 1.29 is 25.2 Å². The van der Waals surface area contributed by atoms with E-state index in [9.17, 15) is 25.2 Å². The van der Waals surface area contributed by atoms with Crippen molar-refractivity contribution in [1.29, 1.82) is 0 Å². The molecule has 0 aromatic heterocycles. The topological polar surface area (TPSA) is 110 Å². The van der Waals surface area contributed by atoms with Crippen molar-refractivity contribution in [2.75, 3.05) is 6.61 Å². The van der Waals surface area contributed by atoms with Crippen LogP contribution in [-0.2, 0) is 4.79 Å². The molecule has 0 aromatic rings. The summed E-state index contributed by atoms with van der Waals surface area (Å²) in [6.07, 6.45) is 80.1. The van der Waals surface area contributed by atoms with Gasteiger partial charge in [-0.15, -0.1) is 0 Å². The summed E-state index contributed by atoms with van der Waals surface area (Å²) >= 11 is 0. The molecule has 0 aliphatic carbocycles. The molecule has 0 heterocycles. The van der Waals surface area contributed by atoms with Gasteiger partial charge in [-0.1, -0.05) is 359 Å². The van der Waals surface area contributed by atoms with Gasteiger partial charge >= 0.3 is 0 Å². The summed E-state index contributed by atoms with van der Waals surface area (Å²) in [7, 11) is 0. The van der Waals surface area contributed by atoms with Gasteiger partial charge in [-0.3, -0.25) is 4.79 Å². The van der Waals surface area contributed by atoms with Crippen LogP contribution in [0.25, 0.3) is 0 Å². The number of aliphatic hydroxyl groups is 4. The molecule has 0 aliphatic rings. The number of unbranched alkanes of at least 4 members (excludes halogenated alkanes) is 51. The molecule has 0 saturated heterocycles. The number of hydrogen-bond acceptors (Lipinski definition) is 5. The van der Waals surface area contributed by atoms with Crippen LogP contribution in [0.5, 0.6) is 0 Å². The third kappa shape index (κ3) is 57.3. The molecule has 0 radical (unpaired) electrons. The van der Waals surface area contributed by atoms with Crippen LogP contribution in [0.1, 0.15) is 380 Å². The van der Waals surface area contributed by atoms with E-state index < -0.39 is 36.9 Å². The molecule has 0 rings (SSSR count). The lowest BCUT2D eigenvalue weighted by atomic mass is 9.99. The highest BCUT2D eigenvalue weighted by molar-refractivity contribution is 5.80. The lowest BCUT2D eigenvalue weighted by molar-refractivity contribution is -0.132. The fourth-order valence-electron chi connectivity index (χ4n) is 11.1. The number of hydrogen-bond donors (Lipinski definition) is 5. The SMILES string of the molecule is CCCCCCCCCCC/C=C\C/C=C\CCCCCCCCCCCCCCCCCCC(O)C(=O)NC(CO)C(O)C(O)CCCCCCCCCCCCCCCCCCCCCCCCCCCCC. The average Bonchev–Trinajstić information content (AvgIpc) is 3.42. The normalized spacial score (nSPS) is 13.6. The third-order valence-corrected chi connectivity index (χ3v) is 16.4. The van der Waals surface area contributed by atoms with Gasteiger partial charge in [0.1, 0.15) is 12.2 Å². The van der Waals surface area contributed by atoms with Crippen molar-refractivity contribution in [1.82, 2.24) is 5.32 Å². The van der Waals surface area contributed by atoms with Gasteiger partial charge in [-0.2, -0.15) is 0 Å². The average molecular weight is 1060 g/mol. The number of amides is 1. The van der Waals surface area contributed by atoms with E-state index in [1.54, 1.807) is 0 Å². The molecule has 6 nitrogen and oxygen atoms in total. The van der Waals surface area contributed by atoms with E-state index >= 15 is 0 Å². The molecule has 5 N–H and O–H groups in total. The van der Waals surface area contributed by atoms with Crippen molar-refractivity contribution >= 4 is 5.91 Å². The minimum atomic E-state index is -1.26. The minimum absolute atomic E-state index is 0.372. The largest absolute Gasteiger partial charge is 0.394 e. The van der Waals surface area contributed by atoms with Crippen LogP contribution < -0.4 is 5.32 Å². The Bertz CT molecular complexity index is 1140. The second-order valence-corrected chi connectivity index (χ2v) is 23.9. The van der Waals surface area contributed by atoms with E-state index in [-0.39, 0.29) is 0 Å². The molecule has 0 aromatic carbocycles. The predicted octanol–water partition coefficient (Wildman–Crippen LogP) is 20.9. The minimum Gasteiger partial charge on any atom is -0.394 e. The van der Waals surface area contributed by atoms with Gasteiger partial charge in [-0.05, 0) is 44.9 Å². The van der Waals surface area contributed by atoms with Gasteiger partial charge in [-0.25, -0.2) is 0 Å². The fourth-order valence-corrected chi connectivity index (χ4v) is 11.1. The number of nitrogens with one attached hydrogen (secondary N) is 1. The Hall–Kier alpha value is -1.21. The van der Waals surface area contributed by atoms with Gasteiger partial charge < -0.3 is 25.7 Å².